The lowest BCUT2D eigenvalue weighted by atomic mass is 10.0. The van der Waals surface area contributed by atoms with E-state index in [9.17, 15) is 5.11 Å². The molecule has 0 aliphatic carbocycles. The number of benzene rings is 1. The second-order valence-electron chi connectivity index (χ2n) is 6.36. The molecule has 23 heavy (non-hydrogen) atoms. The normalized spacial score (nSPS) is 28.2. The van der Waals surface area contributed by atoms with Crippen LogP contribution in [0, 0.1) is 0 Å². The SMILES string of the molecule is CN=C(NCC1(O)CCSC1)NC1CCN(c2ccccc2)C1. The van der Waals surface area contributed by atoms with E-state index in [4.69, 9.17) is 0 Å². The Morgan fingerprint density at radius 3 is 2.96 bits per heavy atom. The summed E-state index contributed by atoms with van der Waals surface area (Å²) in [6, 6.07) is 10.9. The van der Waals surface area contributed by atoms with Crippen LogP contribution >= 0.6 is 11.8 Å². The predicted molar refractivity (Wildman–Crippen MR) is 98.4 cm³/mol. The molecule has 2 fully saturated rings. The highest BCUT2D eigenvalue weighted by atomic mass is 32.2. The molecule has 0 radical (unpaired) electrons. The van der Waals surface area contributed by atoms with Gasteiger partial charge >= 0.3 is 0 Å². The Morgan fingerprint density at radius 1 is 1.43 bits per heavy atom. The van der Waals surface area contributed by atoms with Crippen LogP contribution < -0.4 is 15.5 Å². The monoisotopic (exact) mass is 334 g/mol. The summed E-state index contributed by atoms with van der Waals surface area (Å²) in [6.45, 7) is 2.60. The van der Waals surface area contributed by atoms with Gasteiger partial charge in [-0.25, -0.2) is 0 Å². The molecule has 3 rings (SSSR count). The number of rotatable bonds is 4. The Labute approximate surface area is 142 Å². The smallest absolute Gasteiger partial charge is 0.191 e. The highest BCUT2D eigenvalue weighted by Gasteiger charge is 2.32. The third-order valence-corrected chi connectivity index (χ3v) is 5.78. The first kappa shape index (κ1) is 16.5. The average Bonchev–Trinajstić information content (AvgIpc) is 3.22. The zero-order valence-electron chi connectivity index (χ0n) is 13.7. The number of aliphatic imine (C=N–C) groups is 1. The molecule has 0 spiro atoms. The third kappa shape index (κ3) is 4.32. The second-order valence-corrected chi connectivity index (χ2v) is 7.47. The maximum atomic E-state index is 10.4. The van der Waals surface area contributed by atoms with E-state index < -0.39 is 5.60 Å². The van der Waals surface area contributed by atoms with E-state index in [1.165, 1.54) is 5.69 Å². The van der Waals surface area contributed by atoms with Crippen molar-refractivity contribution >= 4 is 23.4 Å². The van der Waals surface area contributed by atoms with E-state index >= 15 is 0 Å². The number of nitrogens with zero attached hydrogens (tertiary/aromatic N) is 2. The number of nitrogens with one attached hydrogen (secondary N) is 2. The quantitative estimate of drug-likeness (QED) is 0.572. The van der Waals surface area contributed by atoms with Gasteiger partial charge in [0.25, 0.3) is 0 Å². The molecule has 0 saturated carbocycles. The summed E-state index contributed by atoms with van der Waals surface area (Å²) >= 11 is 1.81. The third-order valence-electron chi connectivity index (χ3n) is 4.54. The van der Waals surface area contributed by atoms with E-state index in [1.807, 2.05) is 17.8 Å². The highest BCUT2D eigenvalue weighted by molar-refractivity contribution is 7.99. The summed E-state index contributed by atoms with van der Waals surface area (Å²) in [5, 5.41) is 17.2. The van der Waals surface area contributed by atoms with E-state index in [0.29, 0.717) is 12.6 Å². The highest BCUT2D eigenvalue weighted by Crippen LogP contribution is 2.27. The summed E-state index contributed by atoms with van der Waals surface area (Å²) in [7, 11) is 1.78. The van der Waals surface area contributed by atoms with Gasteiger partial charge in [0.05, 0.1) is 5.60 Å². The van der Waals surface area contributed by atoms with E-state index in [1.54, 1.807) is 7.05 Å². The molecule has 0 aromatic heterocycles. The molecule has 2 aliphatic heterocycles. The predicted octanol–water partition coefficient (Wildman–Crippen LogP) is 1.30. The molecule has 3 N–H and O–H groups in total. The van der Waals surface area contributed by atoms with Crippen LogP contribution in [0.2, 0.25) is 0 Å². The molecule has 1 aromatic carbocycles. The van der Waals surface area contributed by atoms with E-state index in [0.717, 1.165) is 43.4 Å². The second kappa shape index (κ2) is 7.45. The van der Waals surface area contributed by atoms with Gasteiger partial charge in [0, 0.05) is 44.2 Å². The van der Waals surface area contributed by atoms with E-state index in [-0.39, 0.29) is 0 Å². The average molecular weight is 334 g/mol. The van der Waals surface area contributed by atoms with Gasteiger partial charge in [-0.3, -0.25) is 4.99 Å². The van der Waals surface area contributed by atoms with E-state index in [2.05, 4.69) is 44.8 Å². The first-order valence-electron chi connectivity index (χ1n) is 8.26. The fraction of sp³-hybridized carbons (Fsp3) is 0.588. The number of hydrogen-bond acceptors (Lipinski definition) is 4. The number of anilines is 1. The van der Waals surface area contributed by atoms with Crippen molar-refractivity contribution in [1.82, 2.24) is 10.6 Å². The van der Waals surface area contributed by atoms with Crippen molar-refractivity contribution in [2.45, 2.75) is 24.5 Å². The largest absolute Gasteiger partial charge is 0.387 e. The molecular formula is C17H26N4OS. The first-order valence-corrected chi connectivity index (χ1v) is 9.41. The van der Waals surface area contributed by atoms with Crippen LogP contribution in [0.4, 0.5) is 5.69 Å². The van der Waals surface area contributed by atoms with Crippen molar-refractivity contribution < 1.29 is 5.11 Å². The van der Waals surface area contributed by atoms with Crippen LogP contribution in [0.5, 0.6) is 0 Å². The van der Waals surface area contributed by atoms with Crippen LogP contribution in [-0.2, 0) is 0 Å². The number of thioether (sulfide) groups is 1. The number of guanidine groups is 1. The van der Waals surface area contributed by atoms with Gasteiger partial charge in [0.15, 0.2) is 5.96 Å². The Hall–Kier alpha value is -1.40. The zero-order valence-corrected chi connectivity index (χ0v) is 14.5. The van der Waals surface area contributed by atoms with Gasteiger partial charge in [-0.15, -0.1) is 0 Å². The molecule has 2 saturated heterocycles. The maximum absolute atomic E-state index is 10.4. The minimum absolute atomic E-state index is 0.383. The number of para-hydroxylation sites is 1. The maximum Gasteiger partial charge on any atom is 0.191 e. The van der Waals surface area contributed by atoms with Gasteiger partial charge in [0.1, 0.15) is 0 Å². The molecular weight excluding hydrogens is 308 g/mol. The Morgan fingerprint density at radius 2 is 2.26 bits per heavy atom. The Kier molecular flexibility index (Phi) is 5.33. The van der Waals surface area contributed by atoms with Crippen molar-refractivity contribution in [2.75, 3.05) is 43.1 Å². The summed E-state index contributed by atoms with van der Waals surface area (Å²) < 4.78 is 0. The molecule has 1 aromatic rings. The van der Waals surface area contributed by atoms with Gasteiger partial charge < -0.3 is 20.6 Å². The van der Waals surface area contributed by atoms with Crippen molar-refractivity contribution in [3.63, 3.8) is 0 Å². The van der Waals surface area contributed by atoms with Crippen LogP contribution in [-0.4, -0.2) is 60.9 Å². The summed E-state index contributed by atoms with van der Waals surface area (Å²) in [6.07, 6.45) is 1.95. The number of hydrogen-bond donors (Lipinski definition) is 3. The van der Waals surface area contributed by atoms with Crippen LogP contribution in [0.3, 0.4) is 0 Å². The van der Waals surface area contributed by atoms with Crippen LogP contribution in [0.15, 0.2) is 35.3 Å². The van der Waals surface area contributed by atoms with Crippen molar-refractivity contribution in [2.24, 2.45) is 4.99 Å². The summed E-state index contributed by atoms with van der Waals surface area (Å²) in [5.41, 5.74) is 0.686. The van der Waals surface area contributed by atoms with Crippen molar-refractivity contribution in [3.05, 3.63) is 30.3 Å². The lowest BCUT2D eigenvalue weighted by Gasteiger charge is -2.24. The lowest BCUT2D eigenvalue weighted by molar-refractivity contribution is 0.0724. The molecule has 2 aliphatic rings. The fourth-order valence-corrected chi connectivity index (χ4v) is 4.42. The minimum Gasteiger partial charge on any atom is -0.387 e. The molecule has 0 bridgehead atoms. The molecule has 6 heteroatoms. The Balaban J connectivity index is 1.48. The van der Waals surface area contributed by atoms with Crippen molar-refractivity contribution in [3.8, 4) is 0 Å². The lowest BCUT2D eigenvalue weighted by Crippen LogP contribution is -2.50. The van der Waals surface area contributed by atoms with Gasteiger partial charge in [-0.1, -0.05) is 18.2 Å². The Bertz CT molecular complexity index is 531. The van der Waals surface area contributed by atoms with Crippen LogP contribution in [0.1, 0.15) is 12.8 Å². The molecule has 2 atom stereocenters. The van der Waals surface area contributed by atoms with Crippen LogP contribution in [0.25, 0.3) is 0 Å². The minimum atomic E-state index is -0.589. The zero-order chi connectivity index (χ0) is 16.1. The summed E-state index contributed by atoms with van der Waals surface area (Å²) in [5.74, 6) is 2.64. The van der Waals surface area contributed by atoms with Gasteiger partial charge in [-0.2, -0.15) is 11.8 Å². The molecule has 0 amide bonds. The number of aliphatic hydroxyl groups is 1. The molecule has 2 unspecified atom stereocenters. The van der Waals surface area contributed by atoms with Gasteiger partial charge in [-0.05, 0) is 30.7 Å². The molecule has 2 heterocycles. The first-order chi connectivity index (χ1) is 11.2. The fourth-order valence-electron chi connectivity index (χ4n) is 3.12. The summed E-state index contributed by atoms with van der Waals surface area (Å²) in [4.78, 5) is 6.69. The standard InChI is InChI=1S/C17H26N4OS/c1-18-16(19-12-17(22)8-10-23-13-17)20-14-7-9-21(11-14)15-5-3-2-4-6-15/h2-6,14,22H,7-13H2,1H3,(H2,18,19,20). The molecule has 126 valence electrons. The van der Waals surface area contributed by atoms with Crippen molar-refractivity contribution in [1.29, 1.82) is 0 Å². The topological polar surface area (TPSA) is 59.9 Å². The van der Waals surface area contributed by atoms with Gasteiger partial charge in [0.2, 0.25) is 0 Å². The molecule has 5 nitrogen and oxygen atoms in total.